The summed E-state index contributed by atoms with van der Waals surface area (Å²) >= 11 is 12.2. The van der Waals surface area contributed by atoms with Gasteiger partial charge >= 0.3 is 0 Å². The van der Waals surface area contributed by atoms with E-state index in [1.165, 1.54) is 32.1 Å². The van der Waals surface area contributed by atoms with Crippen LogP contribution in [0.15, 0.2) is 60.7 Å². The zero-order valence-electron chi connectivity index (χ0n) is 18.3. The molecule has 0 saturated heterocycles. The third kappa shape index (κ3) is 4.06. The lowest BCUT2D eigenvalue weighted by Gasteiger charge is -2.54. The Bertz CT molecular complexity index is 1160. The molecule has 0 unspecified atom stereocenters. The Kier molecular flexibility index (Phi) is 5.43. The SMILES string of the molecule is O=C(NC1C2CC3CC(C2)CC1C3)c1ccc(-c2ccc(Cl)cc2)c(-c2ccc(Cl)cc2)n1. The topological polar surface area (TPSA) is 42.0 Å². The summed E-state index contributed by atoms with van der Waals surface area (Å²) in [6, 6.07) is 19.4. The summed E-state index contributed by atoms with van der Waals surface area (Å²) in [6.45, 7) is 0. The number of rotatable bonds is 4. The number of amides is 1. The predicted octanol–water partition coefficient (Wildman–Crippen LogP) is 7.28. The predicted molar refractivity (Wildman–Crippen MR) is 133 cm³/mol. The van der Waals surface area contributed by atoms with Gasteiger partial charge in [-0.25, -0.2) is 4.98 Å². The molecule has 3 aromatic rings. The Hall–Kier alpha value is -2.36. The van der Waals surface area contributed by atoms with Gasteiger partial charge in [0, 0.05) is 27.2 Å². The molecule has 3 nitrogen and oxygen atoms in total. The van der Waals surface area contributed by atoms with E-state index in [0.29, 0.717) is 33.6 Å². The van der Waals surface area contributed by atoms with Crippen molar-refractivity contribution < 1.29 is 4.79 Å². The first kappa shape index (κ1) is 21.2. The Balaban J connectivity index is 1.33. The summed E-state index contributed by atoms with van der Waals surface area (Å²) in [5.41, 5.74) is 4.12. The molecule has 1 N–H and O–H groups in total. The van der Waals surface area contributed by atoms with Gasteiger partial charge in [0.1, 0.15) is 5.69 Å². The molecular formula is C28H26Cl2N2O. The monoisotopic (exact) mass is 476 g/mol. The molecule has 2 aromatic carbocycles. The molecule has 0 spiro atoms. The number of carbonyl (C=O) groups is 1. The third-order valence-corrected chi connectivity index (χ3v) is 8.43. The largest absolute Gasteiger partial charge is 0.347 e. The van der Waals surface area contributed by atoms with Crippen molar-refractivity contribution in [3.05, 3.63) is 76.4 Å². The highest BCUT2D eigenvalue weighted by Crippen LogP contribution is 2.53. The lowest BCUT2D eigenvalue weighted by Crippen LogP contribution is -2.55. The molecular weight excluding hydrogens is 451 g/mol. The van der Waals surface area contributed by atoms with Crippen molar-refractivity contribution in [1.82, 2.24) is 10.3 Å². The molecule has 7 rings (SSSR count). The first-order chi connectivity index (χ1) is 16.0. The maximum atomic E-state index is 13.4. The lowest BCUT2D eigenvalue weighted by molar-refractivity contribution is -0.0120. The van der Waals surface area contributed by atoms with Crippen LogP contribution in [0, 0.1) is 23.7 Å². The van der Waals surface area contributed by atoms with E-state index in [2.05, 4.69) is 5.32 Å². The number of nitrogens with one attached hydrogen (secondary N) is 1. The number of hydrogen-bond acceptors (Lipinski definition) is 2. The zero-order chi connectivity index (χ0) is 22.5. The van der Waals surface area contributed by atoms with Crippen molar-refractivity contribution in [2.75, 3.05) is 0 Å². The number of nitrogens with zero attached hydrogens (tertiary/aromatic N) is 1. The second-order valence-corrected chi connectivity index (χ2v) is 10.9. The van der Waals surface area contributed by atoms with E-state index >= 15 is 0 Å². The van der Waals surface area contributed by atoms with E-state index in [4.69, 9.17) is 28.2 Å². The minimum Gasteiger partial charge on any atom is -0.347 e. The van der Waals surface area contributed by atoms with Gasteiger partial charge in [-0.3, -0.25) is 4.79 Å². The summed E-state index contributed by atoms with van der Waals surface area (Å²) in [5.74, 6) is 2.97. The molecule has 1 heterocycles. The molecule has 0 aliphatic heterocycles. The van der Waals surface area contributed by atoms with Gasteiger partial charge in [0.15, 0.2) is 0 Å². The highest BCUT2D eigenvalue weighted by Gasteiger charge is 2.48. The average molecular weight is 477 g/mol. The van der Waals surface area contributed by atoms with Crippen molar-refractivity contribution in [3.8, 4) is 22.4 Å². The standard InChI is InChI=1S/C28H26Cl2N2O/c29-22-5-1-18(2-6-22)24-9-10-25(31-27(24)19-3-7-23(30)8-4-19)28(33)32-26-20-12-16-11-17(14-20)15-21(26)13-16/h1-10,16-17,20-21,26H,11-15H2,(H,32,33). The Morgan fingerprint density at radius 3 is 1.85 bits per heavy atom. The number of hydrogen-bond donors (Lipinski definition) is 1. The van der Waals surface area contributed by atoms with E-state index in [1.54, 1.807) is 0 Å². The van der Waals surface area contributed by atoms with Gasteiger partial charge in [0.2, 0.25) is 0 Å². The van der Waals surface area contributed by atoms with Gasteiger partial charge in [-0.2, -0.15) is 0 Å². The number of halogens is 2. The van der Waals surface area contributed by atoms with Crippen molar-refractivity contribution in [1.29, 1.82) is 0 Å². The number of benzene rings is 2. The molecule has 1 aromatic heterocycles. The van der Waals surface area contributed by atoms with Crippen LogP contribution in [0.3, 0.4) is 0 Å². The molecule has 4 saturated carbocycles. The smallest absolute Gasteiger partial charge is 0.270 e. The van der Waals surface area contributed by atoms with E-state index in [-0.39, 0.29) is 5.91 Å². The second kappa shape index (κ2) is 8.45. The van der Waals surface area contributed by atoms with E-state index in [1.807, 2.05) is 60.7 Å². The summed E-state index contributed by atoms with van der Waals surface area (Å²) in [7, 11) is 0. The molecule has 168 valence electrons. The number of aromatic nitrogens is 1. The van der Waals surface area contributed by atoms with Crippen molar-refractivity contribution in [2.24, 2.45) is 23.7 Å². The maximum Gasteiger partial charge on any atom is 0.270 e. The minimum absolute atomic E-state index is 0.0645. The Labute approximate surface area is 204 Å². The van der Waals surface area contributed by atoms with E-state index < -0.39 is 0 Å². The van der Waals surface area contributed by atoms with Gasteiger partial charge in [-0.1, -0.05) is 47.5 Å². The summed E-state index contributed by atoms with van der Waals surface area (Å²) in [4.78, 5) is 18.2. The Morgan fingerprint density at radius 2 is 1.27 bits per heavy atom. The van der Waals surface area contributed by atoms with Gasteiger partial charge in [0.25, 0.3) is 5.91 Å². The van der Waals surface area contributed by atoms with Crippen LogP contribution in [0.4, 0.5) is 0 Å². The lowest BCUT2D eigenvalue weighted by atomic mass is 9.54. The van der Waals surface area contributed by atoms with Crippen molar-refractivity contribution in [2.45, 2.75) is 38.1 Å². The first-order valence-corrected chi connectivity index (χ1v) is 12.6. The summed E-state index contributed by atoms with van der Waals surface area (Å²) in [5, 5.41) is 4.75. The first-order valence-electron chi connectivity index (χ1n) is 11.9. The quantitative estimate of drug-likeness (QED) is 0.429. The van der Waals surface area contributed by atoms with Crippen LogP contribution in [0.5, 0.6) is 0 Å². The molecule has 4 aliphatic carbocycles. The molecule has 0 atom stereocenters. The molecule has 5 heteroatoms. The third-order valence-electron chi connectivity index (χ3n) is 7.93. The van der Waals surface area contributed by atoms with E-state index in [0.717, 1.165) is 34.2 Å². The van der Waals surface area contributed by atoms with Crippen LogP contribution in [0.1, 0.15) is 42.6 Å². The maximum absolute atomic E-state index is 13.4. The fraction of sp³-hybridized carbons (Fsp3) is 0.357. The van der Waals surface area contributed by atoms with Gasteiger partial charge < -0.3 is 5.32 Å². The number of carbonyl (C=O) groups excluding carboxylic acids is 1. The second-order valence-electron chi connectivity index (χ2n) is 10.0. The van der Waals surface area contributed by atoms with Crippen LogP contribution < -0.4 is 5.32 Å². The minimum atomic E-state index is -0.0645. The van der Waals surface area contributed by atoms with Crippen LogP contribution in [0.25, 0.3) is 22.4 Å². The molecule has 1 amide bonds. The zero-order valence-corrected chi connectivity index (χ0v) is 19.8. The van der Waals surface area contributed by atoms with Crippen LogP contribution >= 0.6 is 23.2 Å². The van der Waals surface area contributed by atoms with Crippen LogP contribution in [0.2, 0.25) is 10.0 Å². The summed E-state index contributed by atoms with van der Waals surface area (Å²) in [6.07, 6.45) is 6.51. The fourth-order valence-corrected chi connectivity index (χ4v) is 6.91. The fourth-order valence-electron chi connectivity index (χ4n) is 6.66. The molecule has 4 bridgehead atoms. The highest BCUT2D eigenvalue weighted by atomic mass is 35.5. The van der Waals surface area contributed by atoms with Gasteiger partial charge in [0.05, 0.1) is 5.69 Å². The van der Waals surface area contributed by atoms with Gasteiger partial charge in [-0.15, -0.1) is 0 Å². The van der Waals surface area contributed by atoms with Crippen molar-refractivity contribution >= 4 is 29.1 Å². The van der Waals surface area contributed by atoms with Crippen molar-refractivity contribution in [3.63, 3.8) is 0 Å². The molecule has 33 heavy (non-hydrogen) atoms. The van der Waals surface area contributed by atoms with Gasteiger partial charge in [-0.05, 0) is 97.7 Å². The average Bonchev–Trinajstić information content (AvgIpc) is 2.81. The molecule has 4 aliphatic rings. The van der Waals surface area contributed by atoms with Crippen LogP contribution in [-0.4, -0.2) is 16.9 Å². The van der Waals surface area contributed by atoms with Crippen LogP contribution in [-0.2, 0) is 0 Å². The normalized spacial score (nSPS) is 27.5. The molecule has 4 fully saturated rings. The Morgan fingerprint density at radius 1 is 0.727 bits per heavy atom. The van der Waals surface area contributed by atoms with E-state index in [9.17, 15) is 4.79 Å². The highest BCUT2D eigenvalue weighted by molar-refractivity contribution is 6.31. The molecule has 0 radical (unpaired) electrons. The summed E-state index contributed by atoms with van der Waals surface area (Å²) < 4.78 is 0. The number of pyridine rings is 1.